The highest BCUT2D eigenvalue weighted by Crippen LogP contribution is 2.32. The lowest BCUT2D eigenvalue weighted by atomic mass is 9.85. The first-order valence-electron chi connectivity index (χ1n) is 8.34. The van der Waals surface area contributed by atoms with Crippen molar-refractivity contribution in [3.63, 3.8) is 0 Å². The lowest BCUT2D eigenvalue weighted by Gasteiger charge is -2.24. The smallest absolute Gasteiger partial charge is 0.258 e. The van der Waals surface area contributed by atoms with E-state index in [-0.39, 0.29) is 5.69 Å². The number of halogens is 1. The largest absolute Gasteiger partial charge is 0.269 e. The molecule has 1 heterocycles. The van der Waals surface area contributed by atoms with Crippen molar-refractivity contribution in [3.8, 4) is 17.1 Å². The van der Waals surface area contributed by atoms with Gasteiger partial charge in [0.2, 0.25) is 0 Å². The zero-order valence-electron chi connectivity index (χ0n) is 15.3. The maximum Gasteiger partial charge on any atom is 0.269 e. The van der Waals surface area contributed by atoms with Gasteiger partial charge in [0.15, 0.2) is 5.82 Å². The third-order valence-electron chi connectivity index (χ3n) is 4.64. The number of hydrogen-bond donors (Lipinski definition) is 0. The van der Waals surface area contributed by atoms with E-state index in [9.17, 15) is 10.1 Å². The summed E-state index contributed by atoms with van der Waals surface area (Å²) in [6.07, 6.45) is 0. The number of nitro groups is 1. The number of nitrogens with zero attached hydrogens (tertiary/aromatic N) is 4. The molecule has 0 aliphatic heterocycles. The molecule has 0 fully saturated rings. The molecule has 0 bridgehead atoms. The second-order valence-corrected chi connectivity index (χ2v) is 7.29. The number of hydrogen-bond acceptors (Lipinski definition) is 4. The van der Waals surface area contributed by atoms with Crippen LogP contribution in [0.3, 0.4) is 0 Å². The third kappa shape index (κ3) is 3.61. The predicted octanol–water partition coefficient (Wildman–Crippen LogP) is 5.35. The first kappa shape index (κ1) is 18.8. The van der Waals surface area contributed by atoms with Gasteiger partial charge in [0, 0.05) is 28.1 Å². The fraction of sp³-hybridized carbons (Fsp3) is 0.200. The molecule has 1 aromatic heterocycles. The third-order valence-corrected chi connectivity index (χ3v) is 4.89. The van der Waals surface area contributed by atoms with Crippen LogP contribution in [0.1, 0.15) is 26.6 Å². The summed E-state index contributed by atoms with van der Waals surface area (Å²) < 4.78 is 1.71. The lowest BCUT2D eigenvalue weighted by molar-refractivity contribution is -0.384. The maximum absolute atomic E-state index is 10.9. The Morgan fingerprint density at radius 3 is 2.26 bits per heavy atom. The van der Waals surface area contributed by atoms with Crippen LogP contribution < -0.4 is 0 Å². The average Bonchev–Trinajstić information content (AvgIpc) is 3.08. The van der Waals surface area contributed by atoms with Gasteiger partial charge in [0.1, 0.15) is 5.82 Å². The van der Waals surface area contributed by atoms with Crippen molar-refractivity contribution in [1.82, 2.24) is 14.8 Å². The second kappa shape index (κ2) is 6.96. The Morgan fingerprint density at radius 2 is 1.74 bits per heavy atom. The van der Waals surface area contributed by atoms with Crippen molar-refractivity contribution in [2.75, 3.05) is 0 Å². The zero-order valence-corrected chi connectivity index (χ0v) is 16.1. The quantitative estimate of drug-likeness (QED) is 0.338. The van der Waals surface area contributed by atoms with E-state index in [0.29, 0.717) is 22.4 Å². The molecule has 6 nitrogen and oxygen atoms in total. The van der Waals surface area contributed by atoms with Crippen LogP contribution in [0, 0.1) is 10.1 Å². The van der Waals surface area contributed by atoms with Crippen molar-refractivity contribution >= 4 is 17.3 Å². The molecular weight excluding hydrogens is 364 g/mol. The van der Waals surface area contributed by atoms with Gasteiger partial charge in [0.25, 0.3) is 5.69 Å². The minimum Gasteiger partial charge on any atom is -0.258 e. The van der Waals surface area contributed by atoms with Gasteiger partial charge in [-0.1, -0.05) is 23.8 Å². The minimum atomic E-state index is -0.445. The maximum atomic E-state index is 10.9. The Balaban J connectivity index is 2.17. The van der Waals surface area contributed by atoms with Crippen molar-refractivity contribution in [3.05, 3.63) is 81.6 Å². The van der Waals surface area contributed by atoms with Gasteiger partial charge in [0.05, 0.1) is 10.6 Å². The summed E-state index contributed by atoms with van der Waals surface area (Å²) in [6.45, 7) is 10.1. The van der Waals surface area contributed by atoms with Gasteiger partial charge in [-0.3, -0.25) is 10.1 Å². The normalized spacial score (nSPS) is 11.4. The summed E-state index contributed by atoms with van der Waals surface area (Å²) in [7, 11) is 0. The Morgan fingerprint density at radius 1 is 1.15 bits per heavy atom. The Labute approximate surface area is 162 Å². The molecule has 0 aliphatic rings. The topological polar surface area (TPSA) is 73.8 Å². The van der Waals surface area contributed by atoms with Crippen LogP contribution in [0.15, 0.2) is 60.7 Å². The van der Waals surface area contributed by atoms with Gasteiger partial charge in [-0.15, -0.1) is 5.10 Å². The van der Waals surface area contributed by atoms with E-state index < -0.39 is 10.3 Å². The fourth-order valence-electron chi connectivity index (χ4n) is 2.52. The molecule has 2 aromatic carbocycles. The molecule has 138 valence electrons. The van der Waals surface area contributed by atoms with Gasteiger partial charge in [-0.25, -0.2) is 9.67 Å². The highest BCUT2D eigenvalue weighted by molar-refractivity contribution is 6.30. The van der Waals surface area contributed by atoms with Crippen LogP contribution in [-0.2, 0) is 5.41 Å². The first-order valence-corrected chi connectivity index (χ1v) is 8.72. The highest BCUT2D eigenvalue weighted by atomic mass is 35.5. The molecule has 27 heavy (non-hydrogen) atoms. The van der Waals surface area contributed by atoms with E-state index in [1.54, 1.807) is 28.9 Å². The number of allylic oxidation sites excluding steroid dienone is 1. The van der Waals surface area contributed by atoms with Crippen LogP contribution in [0.2, 0.25) is 5.02 Å². The van der Waals surface area contributed by atoms with E-state index in [0.717, 1.165) is 11.1 Å². The van der Waals surface area contributed by atoms with Crippen LogP contribution in [-0.4, -0.2) is 19.7 Å². The number of rotatable bonds is 5. The van der Waals surface area contributed by atoms with Crippen molar-refractivity contribution in [1.29, 1.82) is 0 Å². The van der Waals surface area contributed by atoms with Gasteiger partial charge in [-0.05, 0) is 57.2 Å². The molecule has 3 aromatic rings. The molecule has 3 rings (SSSR count). The number of benzene rings is 2. The molecule has 0 N–H and O–H groups in total. The molecular formula is C20H19ClN4O2. The molecule has 0 aliphatic carbocycles. The fourth-order valence-corrected chi connectivity index (χ4v) is 2.65. The summed E-state index contributed by atoms with van der Waals surface area (Å²) in [5.74, 6) is 1.25. The van der Waals surface area contributed by atoms with E-state index in [2.05, 4.69) is 11.7 Å². The Bertz CT molecular complexity index is 1010. The molecule has 0 spiro atoms. The van der Waals surface area contributed by atoms with Crippen molar-refractivity contribution in [2.45, 2.75) is 26.2 Å². The average molecular weight is 383 g/mol. The Hall–Kier alpha value is -2.99. The second-order valence-electron chi connectivity index (χ2n) is 6.86. The number of non-ortho nitro benzene ring substituents is 1. The summed E-state index contributed by atoms with van der Waals surface area (Å²) in [4.78, 5) is 15.3. The molecule has 0 unspecified atom stereocenters. The van der Waals surface area contributed by atoms with Crippen LogP contribution in [0.5, 0.6) is 0 Å². The summed E-state index contributed by atoms with van der Waals surface area (Å²) >= 11 is 5.97. The van der Waals surface area contributed by atoms with Crippen molar-refractivity contribution < 1.29 is 4.92 Å². The Kier molecular flexibility index (Phi) is 4.85. The number of aromatic nitrogens is 3. The first-order chi connectivity index (χ1) is 12.7. The zero-order chi connectivity index (χ0) is 19.8. The minimum absolute atomic E-state index is 0.0255. The van der Waals surface area contributed by atoms with Gasteiger partial charge >= 0.3 is 0 Å². The lowest BCUT2D eigenvalue weighted by Crippen LogP contribution is -2.23. The summed E-state index contributed by atoms with van der Waals surface area (Å²) in [6, 6.07) is 13.5. The molecule has 7 heteroatoms. The standard InChI is InChI=1S/C20H19ClN4O2/c1-13(2)20(3,4)19-22-18(14-5-7-15(21)8-6-14)23-24(19)16-9-11-17(12-10-16)25(26)27/h5-12H,1H2,2-4H3. The summed E-state index contributed by atoms with van der Waals surface area (Å²) in [5.41, 5.74) is 2.04. The predicted molar refractivity (Wildman–Crippen MR) is 106 cm³/mol. The van der Waals surface area contributed by atoms with E-state index in [1.165, 1.54) is 12.1 Å². The number of nitro benzene ring substituents is 1. The monoisotopic (exact) mass is 382 g/mol. The van der Waals surface area contributed by atoms with Gasteiger partial charge < -0.3 is 0 Å². The SMILES string of the molecule is C=C(C)C(C)(C)c1nc(-c2ccc(Cl)cc2)nn1-c1ccc([N+](=O)[O-])cc1. The highest BCUT2D eigenvalue weighted by Gasteiger charge is 2.30. The van der Waals surface area contributed by atoms with Gasteiger partial charge in [-0.2, -0.15) is 0 Å². The molecule has 0 amide bonds. The van der Waals surface area contributed by atoms with E-state index >= 15 is 0 Å². The summed E-state index contributed by atoms with van der Waals surface area (Å²) in [5, 5.41) is 16.2. The van der Waals surface area contributed by atoms with E-state index in [1.807, 2.05) is 32.9 Å². The molecule has 0 saturated heterocycles. The van der Waals surface area contributed by atoms with Crippen LogP contribution >= 0.6 is 11.6 Å². The molecule has 0 radical (unpaired) electrons. The molecule has 0 atom stereocenters. The van der Waals surface area contributed by atoms with Crippen molar-refractivity contribution in [2.24, 2.45) is 0 Å². The van der Waals surface area contributed by atoms with Crippen LogP contribution in [0.4, 0.5) is 5.69 Å². The van der Waals surface area contributed by atoms with Crippen LogP contribution in [0.25, 0.3) is 17.1 Å². The van der Waals surface area contributed by atoms with E-state index in [4.69, 9.17) is 16.6 Å². The molecule has 0 saturated carbocycles.